The van der Waals surface area contributed by atoms with E-state index in [1.807, 2.05) is 0 Å². The third kappa shape index (κ3) is 4.37. The molecule has 0 atom stereocenters. The summed E-state index contributed by atoms with van der Waals surface area (Å²) in [5.74, 6) is -1.22. The topological polar surface area (TPSA) is 46.6 Å². The van der Waals surface area contributed by atoms with Crippen molar-refractivity contribution in [2.45, 2.75) is 0 Å². The zero-order valence-corrected chi connectivity index (χ0v) is 10.2. The predicted molar refractivity (Wildman–Crippen MR) is 65.1 cm³/mol. The molecule has 0 bridgehead atoms. The van der Waals surface area contributed by atoms with Gasteiger partial charge in [-0.3, -0.25) is 9.59 Å². The third-order valence-corrected chi connectivity index (χ3v) is 2.24. The molecule has 0 spiro atoms. The number of carbonyl (C=O) groups is 2. The number of methoxy groups -OCH3 is 1. The lowest BCUT2D eigenvalue weighted by Gasteiger charge is -2.12. The van der Waals surface area contributed by atoms with Crippen molar-refractivity contribution in [2.24, 2.45) is 0 Å². The van der Waals surface area contributed by atoms with Crippen molar-refractivity contribution in [3.63, 3.8) is 0 Å². The summed E-state index contributed by atoms with van der Waals surface area (Å²) in [6.07, 6.45) is 2.76. The maximum absolute atomic E-state index is 12.9. The van der Waals surface area contributed by atoms with Crippen molar-refractivity contribution in [3.05, 3.63) is 41.7 Å². The quantitative estimate of drug-likeness (QED) is 0.601. The average Bonchev–Trinajstić information content (AvgIpc) is 2.35. The fraction of sp³-hybridized carbons (Fsp3) is 0.231. The minimum Gasteiger partial charge on any atom is -0.468 e. The lowest BCUT2D eigenvalue weighted by molar-refractivity contribution is -0.144. The molecule has 0 heterocycles. The van der Waals surface area contributed by atoms with Gasteiger partial charge >= 0.3 is 5.97 Å². The zero-order valence-electron chi connectivity index (χ0n) is 10.2. The molecule has 0 unspecified atom stereocenters. The van der Waals surface area contributed by atoms with Crippen LogP contribution in [0, 0.1) is 5.82 Å². The fourth-order valence-corrected chi connectivity index (χ4v) is 1.24. The van der Waals surface area contributed by atoms with Gasteiger partial charge in [0.25, 0.3) is 0 Å². The van der Waals surface area contributed by atoms with E-state index >= 15 is 0 Å². The van der Waals surface area contributed by atoms with Crippen LogP contribution in [-0.4, -0.2) is 37.5 Å². The number of benzene rings is 1. The third-order valence-electron chi connectivity index (χ3n) is 2.24. The Bertz CT molecular complexity index is 471. The SMILES string of the molecule is COC(=O)CN(C)C(=O)C=Cc1cccc(F)c1. The van der Waals surface area contributed by atoms with Gasteiger partial charge in [-0.15, -0.1) is 0 Å². The van der Waals surface area contributed by atoms with Crippen LogP contribution in [0.5, 0.6) is 0 Å². The van der Waals surface area contributed by atoms with Gasteiger partial charge in [-0.25, -0.2) is 4.39 Å². The normalized spacial score (nSPS) is 10.4. The van der Waals surface area contributed by atoms with Gasteiger partial charge in [-0.2, -0.15) is 0 Å². The second-order valence-corrected chi connectivity index (χ2v) is 3.66. The minimum absolute atomic E-state index is 0.122. The van der Waals surface area contributed by atoms with E-state index in [1.165, 1.54) is 43.3 Å². The lowest BCUT2D eigenvalue weighted by atomic mass is 10.2. The van der Waals surface area contributed by atoms with Gasteiger partial charge in [-0.05, 0) is 23.8 Å². The second kappa shape index (κ2) is 6.54. The maximum atomic E-state index is 12.9. The van der Waals surface area contributed by atoms with E-state index in [0.29, 0.717) is 5.56 Å². The molecule has 1 rings (SSSR count). The van der Waals surface area contributed by atoms with Gasteiger partial charge in [-0.1, -0.05) is 12.1 Å². The van der Waals surface area contributed by atoms with Crippen LogP contribution < -0.4 is 0 Å². The number of hydrogen-bond acceptors (Lipinski definition) is 3. The Morgan fingerprint density at radius 2 is 2.17 bits per heavy atom. The van der Waals surface area contributed by atoms with Crippen LogP contribution in [0.15, 0.2) is 30.3 Å². The average molecular weight is 251 g/mol. The van der Waals surface area contributed by atoms with Crippen LogP contribution >= 0.6 is 0 Å². The first-order valence-corrected chi connectivity index (χ1v) is 5.28. The van der Waals surface area contributed by atoms with Crippen molar-refractivity contribution in [2.75, 3.05) is 20.7 Å². The highest BCUT2D eigenvalue weighted by Crippen LogP contribution is 2.05. The van der Waals surface area contributed by atoms with Gasteiger partial charge in [0.15, 0.2) is 0 Å². The molecular weight excluding hydrogens is 237 g/mol. The van der Waals surface area contributed by atoms with Crippen LogP contribution in [0.25, 0.3) is 6.08 Å². The first-order valence-electron chi connectivity index (χ1n) is 5.28. The Labute approximate surface area is 105 Å². The smallest absolute Gasteiger partial charge is 0.325 e. The number of halogens is 1. The molecule has 0 aliphatic heterocycles. The van der Waals surface area contributed by atoms with E-state index in [9.17, 15) is 14.0 Å². The molecule has 0 fully saturated rings. The first kappa shape index (κ1) is 13.9. The van der Waals surface area contributed by atoms with E-state index in [4.69, 9.17) is 0 Å². The Balaban J connectivity index is 2.61. The molecule has 18 heavy (non-hydrogen) atoms. The molecule has 1 aromatic carbocycles. The van der Waals surface area contributed by atoms with E-state index in [2.05, 4.69) is 4.74 Å². The summed E-state index contributed by atoms with van der Waals surface area (Å²) in [5, 5.41) is 0. The van der Waals surface area contributed by atoms with Gasteiger partial charge in [0.2, 0.25) is 5.91 Å². The highest BCUT2D eigenvalue weighted by molar-refractivity contribution is 5.93. The van der Waals surface area contributed by atoms with Crippen LogP contribution in [0.3, 0.4) is 0 Å². The van der Waals surface area contributed by atoms with Crippen molar-refractivity contribution < 1.29 is 18.7 Å². The van der Waals surface area contributed by atoms with Crippen molar-refractivity contribution >= 4 is 18.0 Å². The fourth-order valence-electron chi connectivity index (χ4n) is 1.24. The Hall–Kier alpha value is -2.17. The molecule has 0 saturated carbocycles. The number of amides is 1. The van der Waals surface area contributed by atoms with E-state index in [1.54, 1.807) is 12.1 Å². The Kier molecular flexibility index (Phi) is 5.05. The highest BCUT2D eigenvalue weighted by Gasteiger charge is 2.09. The van der Waals surface area contributed by atoms with Crippen LogP contribution in [0.4, 0.5) is 4.39 Å². The summed E-state index contributed by atoms with van der Waals surface area (Å²) in [7, 11) is 2.73. The molecule has 0 N–H and O–H groups in total. The minimum atomic E-state index is -0.495. The van der Waals surface area contributed by atoms with Gasteiger partial charge in [0.05, 0.1) is 7.11 Å². The summed E-state index contributed by atoms with van der Waals surface area (Å²) < 4.78 is 17.3. The van der Waals surface area contributed by atoms with Crippen LogP contribution in [0.1, 0.15) is 5.56 Å². The molecule has 4 nitrogen and oxygen atoms in total. The molecule has 0 aliphatic rings. The maximum Gasteiger partial charge on any atom is 0.325 e. The molecule has 0 saturated heterocycles. The molecule has 0 aliphatic carbocycles. The predicted octanol–water partition coefficient (Wildman–Crippen LogP) is 1.47. The largest absolute Gasteiger partial charge is 0.468 e. The molecule has 0 radical (unpaired) electrons. The monoisotopic (exact) mass is 251 g/mol. The highest BCUT2D eigenvalue weighted by atomic mass is 19.1. The summed E-state index contributed by atoms with van der Waals surface area (Å²) in [6.45, 7) is -0.122. The van der Waals surface area contributed by atoms with Gasteiger partial charge in [0, 0.05) is 13.1 Å². The number of likely N-dealkylation sites (N-methyl/N-ethyl adjacent to an activating group) is 1. The van der Waals surface area contributed by atoms with E-state index in [-0.39, 0.29) is 18.3 Å². The number of nitrogens with zero attached hydrogens (tertiary/aromatic N) is 1. The van der Waals surface area contributed by atoms with E-state index < -0.39 is 5.97 Å². The van der Waals surface area contributed by atoms with Crippen LogP contribution in [0.2, 0.25) is 0 Å². The number of ether oxygens (including phenoxy) is 1. The van der Waals surface area contributed by atoms with E-state index in [0.717, 1.165) is 0 Å². The Morgan fingerprint density at radius 1 is 1.44 bits per heavy atom. The Morgan fingerprint density at radius 3 is 2.78 bits per heavy atom. The lowest BCUT2D eigenvalue weighted by Crippen LogP contribution is -2.31. The first-order chi connectivity index (χ1) is 8.52. The van der Waals surface area contributed by atoms with Gasteiger partial charge in [0.1, 0.15) is 12.4 Å². The molecule has 1 aromatic rings. The number of rotatable bonds is 4. The molecule has 5 heteroatoms. The summed E-state index contributed by atoms with van der Waals surface area (Å²) >= 11 is 0. The number of carbonyl (C=O) groups excluding carboxylic acids is 2. The molecule has 1 amide bonds. The summed E-state index contributed by atoms with van der Waals surface area (Å²) in [4.78, 5) is 23.8. The molecule has 0 aromatic heterocycles. The van der Waals surface area contributed by atoms with Gasteiger partial charge < -0.3 is 9.64 Å². The van der Waals surface area contributed by atoms with Crippen LogP contribution in [-0.2, 0) is 14.3 Å². The second-order valence-electron chi connectivity index (χ2n) is 3.66. The number of hydrogen-bond donors (Lipinski definition) is 0. The molecular formula is C13H14FNO3. The van der Waals surface area contributed by atoms with Crippen molar-refractivity contribution in [1.82, 2.24) is 4.90 Å². The van der Waals surface area contributed by atoms with Crippen molar-refractivity contribution in [3.8, 4) is 0 Å². The molecule has 96 valence electrons. The summed E-state index contributed by atoms with van der Waals surface area (Å²) in [6, 6.07) is 5.86. The summed E-state index contributed by atoms with van der Waals surface area (Å²) in [5.41, 5.74) is 0.579. The van der Waals surface area contributed by atoms with Crippen molar-refractivity contribution in [1.29, 1.82) is 0 Å². The standard InChI is InChI=1S/C13H14FNO3/c1-15(9-13(17)18-2)12(16)7-6-10-4-3-5-11(14)8-10/h3-8H,9H2,1-2H3. The zero-order chi connectivity index (χ0) is 13.5. The number of esters is 1.